The lowest BCUT2D eigenvalue weighted by molar-refractivity contribution is -0.137. The molecule has 4 N–H and O–H groups in total. The van der Waals surface area contributed by atoms with Crippen molar-refractivity contribution in [2.75, 3.05) is 13.1 Å². The van der Waals surface area contributed by atoms with Gasteiger partial charge in [-0.2, -0.15) is 10.5 Å². The Labute approximate surface area is 390 Å². The van der Waals surface area contributed by atoms with Crippen molar-refractivity contribution in [1.82, 2.24) is 20.6 Å². The number of aliphatic carboxylic acids is 2. The van der Waals surface area contributed by atoms with Crippen LogP contribution in [-0.2, 0) is 48.7 Å². The molecular formula is C50H42Cl2N6O8. The van der Waals surface area contributed by atoms with Gasteiger partial charge in [-0.3, -0.25) is 19.6 Å². The molecule has 0 saturated carbocycles. The Morgan fingerprint density at radius 2 is 1.08 bits per heavy atom. The molecule has 4 aromatic carbocycles. The number of carbonyl (C=O) groups is 2. The van der Waals surface area contributed by atoms with E-state index in [2.05, 4.69) is 57.0 Å². The maximum atomic E-state index is 11.2. The Morgan fingerprint density at radius 1 is 0.636 bits per heavy atom. The van der Waals surface area contributed by atoms with Gasteiger partial charge in [-0.1, -0.05) is 59.6 Å². The van der Waals surface area contributed by atoms with E-state index in [4.69, 9.17) is 42.1 Å². The van der Waals surface area contributed by atoms with Gasteiger partial charge in [0.1, 0.15) is 60.6 Å². The van der Waals surface area contributed by atoms with Crippen LogP contribution in [0.1, 0.15) is 80.7 Å². The quantitative estimate of drug-likeness (QED) is 0.0599. The first-order chi connectivity index (χ1) is 32.1. The fourth-order valence-corrected chi connectivity index (χ4v) is 8.81. The van der Waals surface area contributed by atoms with Crippen LogP contribution >= 0.6 is 23.2 Å². The van der Waals surface area contributed by atoms with E-state index < -0.39 is 11.9 Å². The lowest BCUT2D eigenvalue weighted by atomic mass is 9.91. The van der Waals surface area contributed by atoms with Crippen molar-refractivity contribution >= 4 is 35.1 Å². The summed E-state index contributed by atoms with van der Waals surface area (Å²) in [6.45, 7) is 0.0849. The highest BCUT2D eigenvalue weighted by Crippen LogP contribution is 2.47. The number of aromatic nitrogens is 2. The van der Waals surface area contributed by atoms with Crippen LogP contribution in [0.25, 0.3) is 11.1 Å². The summed E-state index contributed by atoms with van der Waals surface area (Å²) < 4.78 is 25.8. The summed E-state index contributed by atoms with van der Waals surface area (Å²) in [5.41, 5.74) is 10.2. The fourth-order valence-electron chi connectivity index (χ4n) is 8.35. The Morgan fingerprint density at radius 3 is 1.48 bits per heavy atom. The lowest BCUT2D eigenvalue weighted by Crippen LogP contribution is -2.22. The van der Waals surface area contributed by atoms with Crippen LogP contribution in [0.15, 0.2) is 97.6 Å². The van der Waals surface area contributed by atoms with E-state index in [1.165, 1.54) is 23.5 Å². The summed E-state index contributed by atoms with van der Waals surface area (Å²) in [5, 5.41) is 43.6. The second-order valence-corrected chi connectivity index (χ2v) is 16.6. The summed E-state index contributed by atoms with van der Waals surface area (Å²) in [6, 6.07) is 26.9. The third-order valence-corrected chi connectivity index (χ3v) is 11.9. The predicted octanol–water partition coefficient (Wildman–Crippen LogP) is 8.83. The Kier molecular flexibility index (Phi) is 14.3. The molecule has 2 atom stereocenters. The van der Waals surface area contributed by atoms with Gasteiger partial charge >= 0.3 is 11.9 Å². The van der Waals surface area contributed by atoms with Crippen molar-refractivity contribution in [3.8, 4) is 46.3 Å². The largest absolute Gasteiger partial charge is 0.488 e. The summed E-state index contributed by atoms with van der Waals surface area (Å²) in [4.78, 5) is 30.7. The third kappa shape index (κ3) is 10.7. The molecule has 2 aliphatic rings. The molecule has 0 aliphatic heterocycles. The number of ether oxygens (including phenoxy) is 4. The molecule has 0 amide bonds. The van der Waals surface area contributed by atoms with Crippen molar-refractivity contribution in [3.63, 3.8) is 0 Å². The van der Waals surface area contributed by atoms with Crippen LogP contribution in [0, 0.1) is 22.7 Å². The summed E-state index contributed by atoms with van der Waals surface area (Å²) in [5.74, 6) is -0.251. The topological polar surface area (TPSA) is 209 Å². The van der Waals surface area contributed by atoms with Gasteiger partial charge in [0.25, 0.3) is 0 Å². The highest BCUT2D eigenvalue weighted by molar-refractivity contribution is 6.32. The highest BCUT2D eigenvalue weighted by Gasteiger charge is 2.32. The molecule has 0 unspecified atom stereocenters. The number of nitrogens with zero attached hydrogens (tertiary/aromatic N) is 4. The van der Waals surface area contributed by atoms with Crippen LogP contribution in [-0.4, -0.2) is 45.2 Å². The van der Waals surface area contributed by atoms with E-state index in [1.807, 2.05) is 12.1 Å². The van der Waals surface area contributed by atoms with Crippen LogP contribution < -0.4 is 29.6 Å². The molecule has 14 nitrogen and oxygen atoms in total. The number of nitrogens with one attached hydrogen (secondary N) is 2. The highest BCUT2D eigenvalue weighted by atomic mass is 35.5. The van der Waals surface area contributed by atoms with Gasteiger partial charge in [-0.05, 0) is 83.3 Å². The zero-order valence-corrected chi connectivity index (χ0v) is 36.9. The molecule has 0 bridgehead atoms. The number of hydrogen-bond acceptors (Lipinski definition) is 12. The van der Waals surface area contributed by atoms with E-state index in [0.29, 0.717) is 79.3 Å². The minimum Gasteiger partial charge on any atom is -0.488 e. The monoisotopic (exact) mass is 924 g/mol. The van der Waals surface area contributed by atoms with Crippen molar-refractivity contribution < 1.29 is 38.7 Å². The number of benzene rings is 4. The first-order valence-electron chi connectivity index (χ1n) is 21.1. The first-order valence-corrected chi connectivity index (χ1v) is 21.8. The van der Waals surface area contributed by atoms with Gasteiger partial charge < -0.3 is 39.8 Å². The Bertz CT molecular complexity index is 2700. The molecule has 16 heteroatoms. The summed E-state index contributed by atoms with van der Waals surface area (Å²) >= 11 is 13.7. The zero-order valence-electron chi connectivity index (χ0n) is 35.4. The van der Waals surface area contributed by atoms with E-state index in [0.717, 1.165) is 35.1 Å². The van der Waals surface area contributed by atoms with Crippen LogP contribution in [0.4, 0.5) is 0 Å². The number of pyridine rings is 2. The Balaban J connectivity index is 1.02. The number of fused-ring (bicyclic) bond motifs is 2. The minimum absolute atomic E-state index is 0.111. The third-order valence-electron chi connectivity index (χ3n) is 11.3. The van der Waals surface area contributed by atoms with Crippen LogP contribution in [0.3, 0.4) is 0 Å². The van der Waals surface area contributed by atoms with Gasteiger partial charge in [0.2, 0.25) is 0 Å². The first kappa shape index (κ1) is 45.4. The number of carboxylic acids is 2. The molecule has 2 heterocycles. The van der Waals surface area contributed by atoms with Gasteiger partial charge in [0, 0.05) is 72.3 Å². The molecule has 8 rings (SSSR count). The van der Waals surface area contributed by atoms with Gasteiger partial charge in [-0.15, -0.1) is 0 Å². The molecule has 2 aliphatic carbocycles. The number of carboxylic acid groups (broad SMARTS) is 2. The summed E-state index contributed by atoms with van der Waals surface area (Å²) in [7, 11) is 0. The number of nitriles is 2. The van der Waals surface area contributed by atoms with Gasteiger partial charge in [-0.25, -0.2) is 0 Å². The van der Waals surface area contributed by atoms with Crippen LogP contribution in [0.2, 0.25) is 10.0 Å². The maximum Gasteiger partial charge on any atom is 0.317 e. The SMILES string of the molecule is N#Cc1cncc(COc2cc(O[C@H]3CCc4c(-c5cccc6c5CC[C@@H]6Oc5cc(OCc6cncc(C#N)c6)c(CNCC(=O)O)cc5Cl)cccc43)c(Cl)cc2CNCC(=O)O)c1. The molecule has 334 valence electrons. The molecule has 0 radical (unpaired) electrons. The standard InChI is InChI=1S/C50H42Cl2N6O8/c51-41-13-33(23-57-25-49(59)60)45(63-27-31-11-29(17-53)19-55-21-31)15-47(41)65-43-9-7-37-35(3-1-5-39(37)43)36-4-2-6-40-38(36)8-10-44(40)66-48-16-46(34(14-42(48)52)24-58-26-50(61)62)64-28-32-12-30(18-54)20-56-22-32/h1-6,11-16,19-22,43-44,57-58H,7-10,23-28H2,(H,59,60)(H,61,62)/t43-,44-/m0/s1. The fraction of sp³-hybridized carbons (Fsp3) is 0.240. The normalized spacial score (nSPS) is 14.7. The molecule has 6 aromatic rings. The van der Waals surface area contributed by atoms with Gasteiger partial charge in [0.05, 0.1) is 34.3 Å². The number of rotatable bonds is 19. The molecule has 2 aromatic heterocycles. The average Bonchev–Trinajstić information content (AvgIpc) is 3.93. The molecule has 0 fully saturated rings. The Hall–Kier alpha value is -7.20. The number of halogens is 2. The van der Waals surface area contributed by atoms with Crippen molar-refractivity contribution in [3.05, 3.63) is 163 Å². The van der Waals surface area contributed by atoms with E-state index in [9.17, 15) is 30.3 Å². The van der Waals surface area contributed by atoms with Crippen molar-refractivity contribution in [2.24, 2.45) is 0 Å². The van der Waals surface area contributed by atoms with Crippen LogP contribution in [0.5, 0.6) is 23.0 Å². The molecule has 0 spiro atoms. The minimum atomic E-state index is -0.996. The number of hydrogen-bond donors (Lipinski definition) is 4. The zero-order chi connectivity index (χ0) is 46.2. The molecule has 66 heavy (non-hydrogen) atoms. The maximum absolute atomic E-state index is 11.2. The van der Waals surface area contributed by atoms with E-state index in [1.54, 1.807) is 48.8 Å². The molecule has 0 saturated heterocycles. The predicted molar refractivity (Wildman–Crippen MR) is 243 cm³/mol. The van der Waals surface area contributed by atoms with E-state index >= 15 is 0 Å². The molecular weight excluding hydrogens is 883 g/mol. The average molecular weight is 926 g/mol. The second kappa shape index (κ2) is 20.7. The van der Waals surface area contributed by atoms with Gasteiger partial charge in [0.15, 0.2) is 0 Å². The van der Waals surface area contributed by atoms with E-state index in [-0.39, 0.29) is 51.6 Å². The lowest BCUT2D eigenvalue weighted by Gasteiger charge is -2.20. The van der Waals surface area contributed by atoms with Crippen molar-refractivity contribution in [1.29, 1.82) is 10.5 Å². The summed E-state index contributed by atoms with van der Waals surface area (Å²) in [6.07, 6.45) is 8.51. The second-order valence-electron chi connectivity index (χ2n) is 15.8. The van der Waals surface area contributed by atoms with Crippen molar-refractivity contribution in [2.45, 2.75) is 64.2 Å². The smallest absolute Gasteiger partial charge is 0.317 e.